The fraction of sp³-hybridized carbons (Fsp3) is 0.333. The highest BCUT2D eigenvalue weighted by Crippen LogP contribution is 2.68. The van der Waals surface area contributed by atoms with Crippen LogP contribution in [0.3, 0.4) is 0 Å². The molecule has 272 valence electrons. The standard InChI is InChI=1S/C54H51N/c1-2-39-30-35-12-10-15-41(31-35)54(39)49-20-9-7-17-45(49)47-18-11-21-51(52(47)54)55(42-26-23-38(24-27-42)37-13-4-3-5-14-37)43-28-29-46-44-16-6-8-19-48(44)53(50(46)33-43)34-36-22-25-40(53)32-36/h3-9,11,13-14,16-21,23-24,26-29,33,35-36,39-41H,2,10,12,15,22,25,30-32,34H2,1H3. The molecule has 2 spiro atoms. The zero-order valence-electron chi connectivity index (χ0n) is 32.2. The molecule has 0 heterocycles. The Bertz CT molecular complexity index is 2450. The van der Waals surface area contributed by atoms with Crippen LogP contribution in [0.4, 0.5) is 17.1 Å². The van der Waals surface area contributed by atoms with E-state index in [2.05, 4.69) is 151 Å². The average molecular weight is 714 g/mol. The highest BCUT2D eigenvalue weighted by Gasteiger charge is 2.59. The van der Waals surface area contributed by atoms with Crippen molar-refractivity contribution in [3.05, 3.63) is 162 Å². The minimum absolute atomic E-state index is 0.0230. The molecule has 6 aliphatic carbocycles. The quantitative estimate of drug-likeness (QED) is 0.172. The summed E-state index contributed by atoms with van der Waals surface area (Å²) >= 11 is 0. The minimum Gasteiger partial charge on any atom is -0.310 e. The van der Waals surface area contributed by atoms with Gasteiger partial charge >= 0.3 is 0 Å². The second-order valence-corrected chi connectivity index (χ2v) is 18.3. The highest BCUT2D eigenvalue weighted by molar-refractivity contribution is 5.93. The molecule has 0 N–H and O–H groups in total. The molecule has 7 unspecified atom stereocenters. The van der Waals surface area contributed by atoms with Crippen molar-refractivity contribution < 1.29 is 0 Å². The summed E-state index contributed by atoms with van der Waals surface area (Å²) in [7, 11) is 0. The van der Waals surface area contributed by atoms with Gasteiger partial charge in [-0.25, -0.2) is 0 Å². The number of benzene rings is 6. The number of anilines is 3. The normalized spacial score (nSPS) is 28.9. The topological polar surface area (TPSA) is 3.24 Å². The largest absolute Gasteiger partial charge is 0.310 e. The number of hydrogen-bond donors (Lipinski definition) is 0. The van der Waals surface area contributed by atoms with Crippen LogP contribution in [0.15, 0.2) is 140 Å². The Hall–Kier alpha value is -4.88. The molecule has 1 nitrogen and oxygen atoms in total. The van der Waals surface area contributed by atoms with E-state index in [0.717, 1.165) is 17.8 Å². The second kappa shape index (κ2) is 12.1. The Morgan fingerprint density at radius 2 is 1.22 bits per heavy atom. The zero-order chi connectivity index (χ0) is 36.3. The first kappa shape index (κ1) is 32.4. The molecule has 7 atom stereocenters. The molecule has 1 heteroatoms. The fourth-order valence-corrected chi connectivity index (χ4v) is 14.2. The molecule has 0 saturated heterocycles. The smallest absolute Gasteiger partial charge is 0.0509 e. The molecule has 0 aromatic heterocycles. The maximum Gasteiger partial charge on any atom is 0.0509 e. The van der Waals surface area contributed by atoms with E-state index in [-0.39, 0.29) is 10.8 Å². The molecule has 12 rings (SSSR count). The van der Waals surface area contributed by atoms with E-state index in [4.69, 9.17) is 0 Å². The van der Waals surface area contributed by atoms with Gasteiger partial charge in [0.15, 0.2) is 0 Å². The molecule has 0 aliphatic heterocycles. The van der Waals surface area contributed by atoms with Crippen molar-refractivity contribution in [3.63, 3.8) is 0 Å². The van der Waals surface area contributed by atoms with Gasteiger partial charge in [0.25, 0.3) is 0 Å². The molecule has 55 heavy (non-hydrogen) atoms. The highest BCUT2D eigenvalue weighted by atomic mass is 15.1. The Morgan fingerprint density at radius 3 is 2.00 bits per heavy atom. The van der Waals surface area contributed by atoms with E-state index in [9.17, 15) is 0 Å². The van der Waals surface area contributed by atoms with E-state index < -0.39 is 0 Å². The lowest BCUT2D eigenvalue weighted by molar-refractivity contribution is 0.0560. The summed E-state index contributed by atoms with van der Waals surface area (Å²) in [5.74, 6) is 3.76. The summed E-state index contributed by atoms with van der Waals surface area (Å²) < 4.78 is 0. The van der Waals surface area contributed by atoms with Crippen LogP contribution in [0.25, 0.3) is 33.4 Å². The Morgan fingerprint density at radius 1 is 0.527 bits per heavy atom. The lowest BCUT2D eigenvalue weighted by atomic mass is 9.49. The Kier molecular flexibility index (Phi) is 7.10. The lowest BCUT2D eigenvalue weighted by Crippen LogP contribution is -2.49. The predicted molar refractivity (Wildman–Crippen MR) is 228 cm³/mol. The molecule has 4 fully saturated rings. The molecule has 6 aliphatic rings. The van der Waals surface area contributed by atoms with Crippen LogP contribution < -0.4 is 4.90 Å². The van der Waals surface area contributed by atoms with Gasteiger partial charge in [0.1, 0.15) is 0 Å². The molecular weight excluding hydrogens is 663 g/mol. The first-order chi connectivity index (χ1) is 27.2. The summed E-state index contributed by atoms with van der Waals surface area (Å²) in [6, 6.07) is 54.4. The molecule has 6 aromatic rings. The van der Waals surface area contributed by atoms with Crippen molar-refractivity contribution in [2.75, 3.05) is 4.90 Å². The van der Waals surface area contributed by atoms with Gasteiger partial charge in [-0.15, -0.1) is 0 Å². The van der Waals surface area contributed by atoms with E-state index in [1.165, 1.54) is 115 Å². The fourth-order valence-electron chi connectivity index (χ4n) is 14.2. The molecular formula is C54H51N. The van der Waals surface area contributed by atoms with Crippen LogP contribution in [0.5, 0.6) is 0 Å². The monoisotopic (exact) mass is 713 g/mol. The number of hydrogen-bond acceptors (Lipinski definition) is 1. The maximum atomic E-state index is 2.70. The first-order valence-electron chi connectivity index (χ1n) is 21.6. The Labute approximate surface area is 327 Å². The minimum atomic E-state index is 0.0230. The van der Waals surface area contributed by atoms with Crippen molar-refractivity contribution in [2.24, 2.45) is 29.6 Å². The maximum absolute atomic E-state index is 2.70. The van der Waals surface area contributed by atoms with Crippen molar-refractivity contribution in [1.82, 2.24) is 0 Å². The van der Waals surface area contributed by atoms with Crippen LogP contribution in [-0.2, 0) is 10.8 Å². The van der Waals surface area contributed by atoms with Crippen LogP contribution >= 0.6 is 0 Å². The van der Waals surface area contributed by atoms with Gasteiger partial charge in [-0.1, -0.05) is 142 Å². The third-order valence-corrected chi connectivity index (χ3v) is 16.1. The van der Waals surface area contributed by atoms with Gasteiger partial charge in [-0.3, -0.25) is 0 Å². The van der Waals surface area contributed by atoms with Gasteiger partial charge in [0.05, 0.1) is 5.69 Å². The molecule has 0 amide bonds. The van der Waals surface area contributed by atoms with E-state index in [0.29, 0.717) is 11.8 Å². The van der Waals surface area contributed by atoms with E-state index in [1.54, 1.807) is 22.3 Å². The summed E-state index contributed by atoms with van der Waals surface area (Å²) in [5, 5.41) is 0. The first-order valence-corrected chi connectivity index (χ1v) is 21.6. The van der Waals surface area contributed by atoms with Crippen LogP contribution in [0, 0.1) is 29.6 Å². The van der Waals surface area contributed by atoms with E-state index >= 15 is 0 Å². The number of fused-ring (bicyclic) bond motifs is 16. The lowest BCUT2D eigenvalue weighted by Gasteiger charge is -2.54. The Balaban J connectivity index is 1.11. The van der Waals surface area contributed by atoms with Crippen LogP contribution in [-0.4, -0.2) is 0 Å². The van der Waals surface area contributed by atoms with Crippen LogP contribution in [0.2, 0.25) is 0 Å². The summed E-state index contributed by atoms with van der Waals surface area (Å²) in [6.07, 6.45) is 13.5. The summed E-state index contributed by atoms with van der Waals surface area (Å²) in [5.41, 5.74) is 19.0. The average Bonchev–Trinajstić information content (AvgIpc) is 4.01. The summed E-state index contributed by atoms with van der Waals surface area (Å²) in [4.78, 5) is 2.70. The predicted octanol–water partition coefficient (Wildman–Crippen LogP) is 14.4. The van der Waals surface area contributed by atoms with Gasteiger partial charge in [-0.05, 0) is 154 Å². The third kappa shape index (κ3) is 4.36. The van der Waals surface area contributed by atoms with Crippen LogP contribution in [0.1, 0.15) is 93.4 Å². The van der Waals surface area contributed by atoms with Gasteiger partial charge in [0, 0.05) is 22.2 Å². The van der Waals surface area contributed by atoms with Gasteiger partial charge in [-0.2, -0.15) is 0 Å². The number of nitrogens with zero attached hydrogens (tertiary/aromatic N) is 1. The molecule has 0 radical (unpaired) electrons. The summed E-state index contributed by atoms with van der Waals surface area (Å²) in [6.45, 7) is 2.49. The van der Waals surface area contributed by atoms with Crippen molar-refractivity contribution in [2.45, 2.75) is 82.0 Å². The van der Waals surface area contributed by atoms with Crippen molar-refractivity contribution >= 4 is 17.1 Å². The molecule has 4 saturated carbocycles. The van der Waals surface area contributed by atoms with Gasteiger partial charge < -0.3 is 4.90 Å². The zero-order valence-corrected chi connectivity index (χ0v) is 32.2. The molecule has 4 bridgehead atoms. The van der Waals surface area contributed by atoms with E-state index in [1.807, 2.05) is 0 Å². The van der Waals surface area contributed by atoms with Crippen molar-refractivity contribution in [1.29, 1.82) is 0 Å². The van der Waals surface area contributed by atoms with Gasteiger partial charge in [0.2, 0.25) is 0 Å². The van der Waals surface area contributed by atoms with Crippen molar-refractivity contribution in [3.8, 4) is 33.4 Å². The second-order valence-electron chi connectivity index (χ2n) is 18.3. The molecule has 6 aromatic carbocycles. The third-order valence-electron chi connectivity index (χ3n) is 16.1. The number of rotatable bonds is 5. The SMILES string of the molecule is CCC1CC2CCCC(C2)C12c1ccccc1-c1cccc(N(c3ccc(-c4ccccc4)cc3)c3ccc4c(c3)C3(CC5CCC3C5)c3ccccc3-4)c12.